The molecule has 0 unspecified atom stereocenters. The number of hydrogen-bond acceptors (Lipinski definition) is 6. The smallest absolute Gasteiger partial charge is 0.253 e. The summed E-state index contributed by atoms with van der Waals surface area (Å²) in [6, 6.07) is 14.5. The first-order valence-electron chi connectivity index (χ1n) is 10.8. The Bertz CT molecular complexity index is 1330. The first-order chi connectivity index (χ1) is 16.5. The maximum absolute atomic E-state index is 12.9. The first-order valence-corrected chi connectivity index (χ1v) is 11.6. The molecule has 0 spiro atoms. The number of para-hydroxylation sites is 1. The molecule has 4 aromatic rings. The molecule has 0 radical (unpaired) electrons. The summed E-state index contributed by atoms with van der Waals surface area (Å²) in [5.74, 6) is 1.32. The summed E-state index contributed by atoms with van der Waals surface area (Å²) in [4.78, 5) is 26.4. The minimum absolute atomic E-state index is 0.00392. The number of methoxy groups -OCH3 is 1. The summed E-state index contributed by atoms with van der Waals surface area (Å²) in [5, 5.41) is 6.57. The number of rotatable bonds is 5. The van der Waals surface area contributed by atoms with Crippen LogP contribution < -0.4 is 4.90 Å². The molecular formula is C24H22Cl2N6O2. The van der Waals surface area contributed by atoms with E-state index in [1.165, 1.54) is 0 Å². The van der Waals surface area contributed by atoms with Crippen LogP contribution in [-0.4, -0.2) is 63.8 Å². The van der Waals surface area contributed by atoms with Crippen LogP contribution in [0.15, 0.2) is 54.7 Å². The van der Waals surface area contributed by atoms with Crippen LogP contribution in [0.5, 0.6) is 0 Å². The van der Waals surface area contributed by atoms with Gasteiger partial charge in [0.1, 0.15) is 12.4 Å². The van der Waals surface area contributed by atoms with Crippen molar-refractivity contribution >= 4 is 46.0 Å². The molecule has 2 aromatic carbocycles. The molecule has 1 aliphatic heterocycles. The lowest BCUT2D eigenvalue weighted by molar-refractivity contribution is 0.0746. The normalized spacial score (nSPS) is 14.1. The number of halogens is 2. The van der Waals surface area contributed by atoms with Gasteiger partial charge >= 0.3 is 0 Å². The fraction of sp³-hybridized carbons (Fsp3) is 0.250. The molecular weight excluding hydrogens is 475 g/mol. The van der Waals surface area contributed by atoms with E-state index in [0.717, 1.165) is 16.9 Å². The minimum Gasteiger partial charge on any atom is -0.377 e. The molecule has 0 saturated carbocycles. The molecule has 1 aliphatic rings. The third-order valence-electron chi connectivity index (χ3n) is 5.77. The maximum Gasteiger partial charge on any atom is 0.253 e. The van der Waals surface area contributed by atoms with E-state index in [2.05, 4.69) is 10.00 Å². The number of aromatic nitrogens is 4. The fourth-order valence-corrected chi connectivity index (χ4v) is 4.41. The van der Waals surface area contributed by atoms with Gasteiger partial charge in [-0.2, -0.15) is 5.10 Å². The molecule has 0 aliphatic carbocycles. The summed E-state index contributed by atoms with van der Waals surface area (Å²) in [6.45, 7) is 2.69. The number of anilines is 1. The molecule has 0 atom stereocenters. The van der Waals surface area contributed by atoms with E-state index in [1.54, 1.807) is 42.3 Å². The van der Waals surface area contributed by atoms with Gasteiger partial charge in [-0.3, -0.25) is 4.79 Å². The van der Waals surface area contributed by atoms with E-state index in [-0.39, 0.29) is 12.5 Å². The molecule has 10 heteroatoms. The second-order valence-corrected chi connectivity index (χ2v) is 8.77. The molecule has 0 bridgehead atoms. The molecule has 1 amide bonds. The van der Waals surface area contributed by atoms with E-state index < -0.39 is 0 Å². The van der Waals surface area contributed by atoms with Crippen LogP contribution in [0.25, 0.3) is 16.7 Å². The molecule has 174 valence electrons. The van der Waals surface area contributed by atoms with Gasteiger partial charge in [0.15, 0.2) is 11.5 Å². The van der Waals surface area contributed by atoms with Gasteiger partial charge in [-0.1, -0.05) is 35.3 Å². The SMILES string of the molecule is COCc1nc(N2CCN(C(=O)c3ccc(Cl)cc3)CC2)c2cnn(-c3ccccc3Cl)c2n1. The molecule has 8 nitrogen and oxygen atoms in total. The van der Waals surface area contributed by atoms with Gasteiger partial charge in [-0.05, 0) is 36.4 Å². The largest absolute Gasteiger partial charge is 0.377 e. The average Bonchev–Trinajstić information content (AvgIpc) is 3.28. The Labute approximate surface area is 206 Å². The topological polar surface area (TPSA) is 76.4 Å². The van der Waals surface area contributed by atoms with E-state index in [9.17, 15) is 4.79 Å². The van der Waals surface area contributed by atoms with Crippen molar-refractivity contribution in [1.29, 1.82) is 0 Å². The molecule has 34 heavy (non-hydrogen) atoms. The first kappa shape index (κ1) is 22.6. The highest BCUT2D eigenvalue weighted by molar-refractivity contribution is 6.32. The highest BCUT2D eigenvalue weighted by atomic mass is 35.5. The second kappa shape index (κ2) is 9.58. The third-order valence-corrected chi connectivity index (χ3v) is 6.34. The van der Waals surface area contributed by atoms with Crippen LogP contribution in [0.4, 0.5) is 5.82 Å². The Morgan fingerprint density at radius 1 is 1.00 bits per heavy atom. The van der Waals surface area contributed by atoms with E-state index in [0.29, 0.717) is 53.3 Å². The molecule has 1 saturated heterocycles. The Balaban J connectivity index is 1.44. The van der Waals surface area contributed by atoms with E-state index in [1.807, 2.05) is 29.2 Å². The summed E-state index contributed by atoms with van der Waals surface area (Å²) in [6.07, 6.45) is 1.76. The Kier molecular flexibility index (Phi) is 6.36. The van der Waals surface area contributed by atoms with Gasteiger partial charge in [0, 0.05) is 43.9 Å². The van der Waals surface area contributed by atoms with Gasteiger partial charge in [0.05, 0.1) is 22.3 Å². The molecule has 2 aromatic heterocycles. The number of benzene rings is 2. The summed E-state index contributed by atoms with van der Waals surface area (Å²) >= 11 is 12.4. The molecule has 1 fully saturated rings. The van der Waals surface area contributed by atoms with Gasteiger partial charge in [-0.15, -0.1) is 0 Å². The van der Waals surface area contributed by atoms with Crippen LogP contribution >= 0.6 is 23.2 Å². The zero-order valence-corrected chi connectivity index (χ0v) is 20.0. The van der Waals surface area contributed by atoms with Crippen molar-refractivity contribution in [3.63, 3.8) is 0 Å². The van der Waals surface area contributed by atoms with Crippen molar-refractivity contribution in [3.05, 3.63) is 76.2 Å². The highest BCUT2D eigenvalue weighted by Gasteiger charge is 2.26. The van der Waals surface area contributed by atoms with Crippen molar-refractivity contribution < 1.29 is 9.53 Å². The molecule has 5 rings (SSSR count). The van der Waals surface area contributed by atoms with Gasteiger partial charge in [0.2, 0.25) is 0 Å². The van der Waals surface area contributed by atoms with Crippen LogP contribution in [0.2, 0.25) is 10.0 Å². The van der Waals surface area contributed by atoms with Crippen LogP contribution in [-0.2, 0) is 11.3 Å². The fourth-order valence-electron chi connectivity index (χ4n) is 4.07. The lowest BCUT2D eigenvalue weighted by Crippen LogP contribution is -2.49. The van der Waals surface area contributed by atoms with Crippen molar-refractivity contribution in [1.82, 2.24) is 24.6 Å². The number of hydrogen-bond donors (Lipinski definition) is 0. The standard InChI is InChI=1S/C24H22Cl2N6O2/c1-34-15-21-28-22(18-14-27-32(23(18)29-21)20-5-3-2-4-19(20)26)30-10-12-31(13-11-30)24(33)16-6-8-17(25)9-7-16/h2-9,14H,10-13,15H2,1H3. The number of amides is 1. The Hall–Kier alpha value is -3.20. The third kappa shape index (κ3) is 4.32. The number of fused-ring (bicyclic) bond motifs is 1. The zero-order valence-electron chi connectivity index (χ0n) is 18.5. The van der Waals surface area contributed by atoms with Crippen molar-refractivity contribution in [3.8, 4) is 5.69 Å². The van der Waals surface area contributed by atoms with Crippen molar-refractivity contribution in [2.75, 3.05) is 38.2 Å². The number of ether oxygens (including phenoxy) is 1. The van der Waals surface area contributed by atoms with E-state index >= 15 is 0 Å². The Morgan fingerprint density at radius 3 is 2.44 bits per heavy atom. The summed E-state index contributed by atoms with van der Waals surface area (Å²) in [7, 11) is 1.61. The number of carbonyl (C=O) groups is 1. The highest BCUT2D eigenvalue weighted by Crippen LogP contribution is 2.29. The Morgan fingerprint density at radius 2 is 1.74 bits per heavy atom. The number of piperazine rings is 1. The minimum atomic E-state index is -0.00392. The number of carbonyl (C=O) groups excluding carboxylic acids is 1. The quantitative estimate of drug-likeness (QED) is 0.411. The van der Waals surface area contributed by atoms with Crippen molar-refractivity contribution in [2.24, 2.45) is 0 Å². The summed E-state index contributed by atoms with van der Waals surface area (Å²) < 4.78 is 7.03. The zero-order chi connectivity index (χ0) is 23.7. The average molecular weight is 497 g/mol. The lowest BCUT2D eigenvalue weighted by atomic mass is 10.2. The number of nitrogens with zero attached hydrogens (tertiary/aromatic N) is 6. The molecule has 0 N–H and O–H groups in total. The monoisotopic (exact) mass is 496 g/mol. The van der Waals surface area contributed by atoms with Crippen molar-refractivity contribution in [2.45, 2.75) is 6.61 Å². The van der Waals surface area contributed by atoms with Gasteiger partial charge in [-0.25, -0.2) is 14.6 Å². The maximum atomic E-state index is 12.9. The lowest BCUT2D eigenvalue weighted by Gasteiger charge is -2.35. The van der Waals surface area contributed by atoms with Gasteiger partial charge < -0.3 is 14.5 Å². The van der Waals surface area contributed by atoms with Crippen LogP contribution in [0.3, 0.4) is 0 Å². The predicted octanol–water partition coefficient (Wildman–Crippen LogP) is 4.23. The van der Waals surface area contributed by atoms with Crippen LogP contribution in [0, 0.1) is 0 Å². The summed E-state index contributed by atoms with van der Waals surface area (Å²) in [5.41, 5.74) is 2.03. The second-order valence-electron chi connectivity index (χ2n) is 7.93. The van der Waals surface area contributed by atoms with E-state index in [4.69, 9.17) is 37.9 Å². The van der Waals surface area contributed by atoms with Gasteiger partial charge in [0.25, 0.3) is 5.91 Å². The molecule has 3 heterocycles. The predicted molar refractivity (Wildman–Crippen MR) is 132 cm³/mol. The van der Waals surface area contributed by atoms with Crippen LogP contribution in [0.1, 0.15) is 16.2 Å².